The molecule has 0 aliphatic heterocycles. The highest BCUT2D eigenvalue weighted by Crippen LogP contribution is 2.30. The topological polar surface area (TPSA) is 0 Å². The highest BCUT2D eigenvalue weighted by atomic mass is 14.2. The fraction of sp³-hybridized carbons (Fsp3) is 0.250. The van der Waals surface area contributed by atoms with E-state index in [4.69, 9.17) is 0 Å². The Balaban J connectivity index is 2.21. The summed E-state index contributed by atoms with van der Waals surface area (Å²) in [6.45, 7) is 4.21. The fourth-order valence-electron chi connectivity index (χ4n) is 2.09. The molecule has 2 aliphatic rings. The number of hydrogen-bond donors (Lipinski definition) is 0. The first-order valence-corrected chi connectivity index (χ1v) is 5.88. The van der Waals surface area contributed by atoms with Gasteiger partial charge in [0.05, 0.1) is 0 Å². The molecular weight excluding hydrogens is 192 g/mol. The highest BCUT2D eigenvalue weighted by molar-refractivity contribution is 5.49. The lowest BCUT2D eigenvalue weighted by Gasteiger charge is -2.17. The van der Waals surface area contributed by atoms with E-state index in [1.807, 2.05) is 0 Å². The zero-order valence-corrected chi connectivity index (χ0v) is 10.0. The van der Waals surface area contributed by atoms with Crippen LogP contribution in [-0.2, 0) is 0 Å². The quantitative estimate of drug-likeness (QED) is 0.591. The molecule has 0 aromatic carbocycles. The van der Waals surface area contributed by atoms with Gasteiger partial charge >= 0.3 is 0 Å². The molecule has 2 aliphatic carbocycles. The third kappa shape index (κ3) is 2.33. The van der Waals surface area contributed by atoms with E-state index >= 15 is 0 Å². The summed E-state index contributed by atoms with van der Waals surface area (Å²) in [7, 11) is 0. The Morgan fingerprint density at radius 1 is 0.812 bits per heavy atom. The van der Waals surface area contributed by atoms with Crippen LogP contribution in [0.5, 0.6) is 0 Å². The van der Waals surface area contributed by atoms with E-state index in [1.54, 1.807) is 0 Å². The van der Waals surface area contributed by atoms with Gasteiger partial charge in [-0.25, -0.2) is 0 Å². The van der Waals surface area contributed by atoms with Gasteiger partial charge in [0.2, 0.25) is 0 Å². The maximum absolute atomic E-state index is 2.24. The minimum absolute atomic E-state index is 1.07. The van der Waals surface area contributed by atoms with Crippen molar-refractivity contribution in [2.75, 3.05) is 0 Å². The van der Waals surface area contributed by atoms with Crippen LogP contribution in [0.3, 0.4) is 0 Å². The van der Waals surface area contributed by atoms with Gasteiger partial charge in [0.1, 0.15) is 0 Å². The Kier molecular flexibility index (Phi) is 3.40. The van der Waals surface area contributed by atoms with E-state index < -0.39 is 0 Å². The van der Waals surface area contributed by atoms with Gasteiger partial charge in [-0.2, -0.15) is 0 Å². The summed E-state index contributed by atoms with van der Waals surface area (Å²) >= 11 is 0. The fourth-order valence-corrected chi connectivity index (χ4v) is 2.09. The van der Waals surface area contributed by atoms with Crippen molar-refractivity contribution in [2.24, 2.45) is 0 Å². The van der Waals surface area contributed by atoms with E-state index in [0.29, 0.717) is 0 Å². The van der Waals surface area contributed by atoms with E-state index in [-0.39, 0.29) is 0 Å². The summed E-state index contributed by atoms with van der Waals surface area (Å²) in [6.07, 6.45) is 19.7. The van der Waals surface area contributed by atoms with Crippen molar-refractivity contribution >= 4 is 0 Å². The molecule has 2 rings (SSSR count). The first-order chi connectivity index (χ1) is 7.83. The summed E-state index contributed by atoms with van der Waals surface area (Å²) in [5, 5.41) is 0. The Labute approximate surface area is 98.1 Å². The molecule has 0 radical (unpaired) electrons. The van der Waals surface area contributed by atoms with E-state index in [9.17, 15) is 0 Å². The van der Waals surface area contributed by atoms with Crippen molar-refractivity contribution in [2.45, 2.75) is 26.7 Å². The minimum Gasteiger partial charge on any atom is -0.0841 e. The average molecular weight is 210 g/mol. The lowest BCUT2D eigenvalue weighted by Crippen LogP contribution is -1.98. The van der Waals surface area contributed by atoms with E-state index in [0.717, 1.165) is 12.8 Å². The molecule has 0 spiro atoms. The van der Waals surface area contributed by atoms with Gasteiger partial charge in [0.25, 0.3) is 0 Å². The van der Waals surface area contributed by atoms with Crippen LogP contribution in [0.4, 0.5) is 0 Å². The molecule has 0 bridgehead atoms. The zero-order chi connectivity index (χ0) is 11.4. The van der Waals surface area contributed by atoms with Gasteiger partial charge in [-0.15, -0.1) is 0 Å². The molecule has 0 atom stereocenters. The van der Waals surface area contributed by atoms with Gasteiger partial charge in [-0.3, -0.25) is 0 Å². The average Bonchev–Trinajstić information content (AvgIpc) is 2.39. The molecule has 0 N–H and O–H groups in total. The monoisotopic (exact) mass is 210 g/mol. The van der Waals surface area contributed by atoms with Gasteiger partial charge in [0, 0.05) is 0 Å². The molecule has 0 nitrogen and oxygen atoms in total. The number of rotatable bonds is 1. The summed E-state index contributed by atoms with van der Waals surface area (Å²) in [4.78, 5) is 0. The largest absolute Gasteiger partial charge is 0.0841 e. The lowest BCUT2D eigenvalue weighted by atomic mass is 9.88. The maximum Gasteiger partial charge on any atom is -0.00262 e. The van der Waals surface area contributed by atoms with Gasteiger partial charge < -0.3 is 0 Å². The molecule has 0 saturated heterocycles. The second-order valence-corrected chi connectivity index (χ2v) is 4.18. The van der Waals surface area contributed by atoms with Crippen LogP contribution in [-0.4, -0.2) is 0 Å². The Bertz CT molecular complexity index is 404. The molecule has 82 valence electrons. The smallest absolute Gasteiger partial charge is 0.00262 e. The Morgan fingerprint density at radius 2 is 1.25 bits per heavy atom. The van der Waals surface area contributed by atoms with Crippen LogP contribution in [0.15, 0.2) is 70.9 Å². The molecule has 0 fully saturated rings. The third-order valence-electron chi connectivity index (χ3n) is 3.16. The van der Waals surface area contributed by atoms with Crippen LogP contribution in [0.25, 0.3) is 0 Å². The molecule has 0 aromatic heterocycles. The summed E-state index contributed by atoms with van der Waals surface area (Å²) in [6, 6.07) is 0. The zero-order valence-electron chi connectivity index (χ0n) is 10.0. The molecule has 0 saturated carbocycles. The molecule has 0 unspecified atom stereocenters. The molecule has 16 heavy (non-hydrogen) atoms. The van der Waals surface area contributed by atoms with Crippen LogP contribution < -0.4 is 0 Å². The van der Waals surface area contributed by atoms with Crippen molar-refractivity contribution in [1.29, 1.82) is 0 Å². The number of hydrogen-bond acceptors (Lipinski definition) is 0. The molecule has 0 heterocycles. The molecule has 0 aromatic rings. The minimum atomic E-state index is 1.07. The predicted molar refractivity (Wildman–Crippen MR) is 71.2 cm³/mol. The normalized spacial score (nSPS) is 24.9. The van der Waals surface area contributed by atoms with Crippen molar-refractivity contribution in [3.63, 3.8) is 0 Å². The van der Waals surface area contributed by atoms with Crippen molar-refractivity contribution in [3.05, 3.63) is 70.9 Å². The molecule has 0 amide bonds. The SMILES string of the molecule is C/C=C1\C=CC=C(C2=CC=C/C(=C\C)C2)C1. The van der Waals surface area contributed by atoms with Crippen LogP contribution >= 0.6 is 0 Å². The van der Waals surface area contributed by atoms with E-state index in [2.05, 4.69) is 62.5 Å². The molecule has 0 heteroatoms. The summed E-state index contributed by atoms with van der Waals surface area (Å²) in [5.74, 6) is 0. The van der Waals surface area contributed by atoms with Crippen LogP contribution in [0.2, 0.25) is 0 Å². The number of allylic oxidation sites excluding steroid dienone is 12. The maximum atomic E-state index is 2.24. The van der Waals surface area contributed by atoms with Gasteiger partial charge in [-0.1, -0.05) is 48.6 Å². The first-order valence-electron chi connectivity index (χ1n) is 5.88. The van der Waals surface area contributed by atoms with Crippen molar-refractivity contribution in [1.82, 2.24) is 0 Å². The van der Waals surface area contributed by atoms with E-state index in [1.165, 1.54) is 22.3 Å². The van der Waals surface area contributed by atoms with Gasteiger partial charge in [-0.05, 0) is 49.0 Å². The molecular formula is C16H18. The summed E-state index contributed by atoms with van der Waals surface area (Å²) < 4.78 is 0. The van der Waals surface area contributed by atoms with Gasteiger partial charge in [0.15, 0.2) is 0 Å². The second-order valence-electron chi connectivity index (χ2n) is 4.18. The predicted octanol–water partition coefficient (Wildman–Crippen LogP) is 4.65. The third-order valence-corrected chi connectivity index (χ3v) is 3.16. The van der Waals surface area contributed by atoms with Crippen molar-refractivity contribution in [3.8, 4) is 0 Å². The van der Waals surface area contributed by atoms with Crippen LogP contribution in [0, 0.1) is 0 Å². The Morgan fingerprint density at radius 3 is 1.62 bits per heavy atom. The second kappa shape index (κ2) is 4.98. The standard InChI is InChI=1S/C16H18/c1-3-13-7-5-9-15(11-13)16-10-6-8-14(4-2)12-16/h3-10H,11-12H2,1-2H3/b13-3+,14-4+. The Hall–Kier alpha value is -1.56. The lowest BCUT2D eigenvalue weighted by molar-refractivity contribution is 1.05. The van der Waals surface area contributed by atoms with Crippen molar-refractivity contribution < 1.29 is 0 Å². The van der Waals surface area contributed by atoms with Crippen LogP contribution in [0.1, 0.15) is 26.7 Å². The highest BCUT2D eigenvalue weighted by Gasteiger charge is 2.11. The first kappa shape index (κ1) is 10.9. The summed E-state index contributed by atoms with van der Waals surface area (Å²) in [5.41, 5.74) is 5.74.